The first-order chi connectivity index (χ1) is 8.16. The van der Waals surface area contributed by atoms with Crippen LogP contribution in [0.25, 0.3) is 0 Å². The summed E-state index contributed by atoms with van der Waals surface area (Å²) in [6.45, 7) is 0. The van der Waals surface area contributed by atoms with Crippen LogP contribution < -0.4 is 11.1 Å². The summed E-state index contributed by atoms with van der Waals surface area (Å²) in [6.07, 6.45) is 1.04. The third-order valence-corrected chi connectivity index (χ3v) is 4.35. The first kappa shape index (κ1) is 12.6. The van der Waals surface area contributed by atoms with Crippen LogP contribution in [0.15, 0.2) is 24.3 Å². The second-order valence-corrected chi connectivity index (χ2v) is 5.74. The molecule has 0 saturated carbocycles. The van der Waals surface area contributed by atoms with Gasteiger partial charge in [0.2, 0.25) is 5.91 Å². The van der Waals surface area contributed by atoms with Gasteiger partial charge in [-0.25, -0.2) is 0 Å². The van der Waals surface area contributed by atoms with Crippen LogP contribution in [-0.4, -0.2) is 23.5 Å². The van der Waals surface area contributed by atoms with Crippen molar-refractivity contribution in [3.8, 4) is 0 Å². The number of carbonyl (C=O) groups is 1. The lowest BCUT2D eigenvalue weighted by Gasteiger charge is -2.22. The van der Waals surface area contributed by atoms with Crippen molar-refractivity contribution < 1.29 is 4.79 Å². The van der Waals surface area contributed by atoms with Gasteiger partial charge in [0, 0.05) is 10.7 Å². The molecule has 0 aromatic heterocycles. The highest BCUT2D eigenvalue weighted by Crippen LogP contribution is 2.28. The van der Waals surface area contributed by atoms with Gasteiger partial charge in [0.25, 0.3) is 0 Å². The third kappa shape index (κ3) is 3.30. The van der Waals surface area contributed by atoms with Crippen molar-refractivity contribution in [2.24, 2.45) is 11.7 Å². The highest BCUT2D eigenvalue weighted by Gasteiger charge is 2.29. The van der Waals surface area contributed by atoms with E-state index in [9.17, 15) is 4.79 Å². The van der Waals surface area contributed by atoms with Crippen molar-refractivity contribution >= 4 is 35.0 Å². The smallest absolute Gasteiger partial charge is 0.240 e. The number of hydrogen-bond acceptors (Lipinski definition) is 3. The summed E-state index contributed by atoms with van der Waals surface area (Å²) in [4.78, 5) is 11.5. The van der Waals surface area contributed by atoms with E-state index in [-0.39, 0.29) is 11.9 Å². The van der Waals surface area contributed by atoms with Crippen molar-refractivity contribution in [3.05, 3.63) is 29.3 Å². The van der Waals surface area contributed by atoms with Crippen LogP contribution in [0, 0.1) is 5.92 Å². The van der Waals surface area contributed by atoms with Gasteiger partial charge in [-0.1, -0.05) is 11.6 Å². The zero-order valence-corrected chi connectivity index (χ0v) is 10.9. The van der Waals surface area contributed by atoms with E-state index in [2.05, 4.69) is 5.32 Å². The molecule has 1 aliphatic rings. The summed E-state index contributed by atoms with van der Waals surface area (Å²) in [5.41, 5.74) is 6.34. The molecule has 2 rings (SSSR count). The predicted octanol–water partition coefficient (Wildman–Crippen LogP) is 2.36. The summed E-state index contributed by atoms with van der Waals surface area (Å²) < 4.78 is 0. The lowest BCUT2D eigenvalue weighted by atomic mass is 9.98. The van der Waals surface area contributed by atoms with E-state index in [0.717, 1.165) is 23.6 Å². The molecule has 3 N–H and O–H groups in total. The normalized spacial score (nSPS) is 21.1. The Labute approximate surface area is 110 Å². The summed E-state index contributed by atoms with van der Waals surface area (Å²) >= 11 is 7.69. The molecule has 2 atom stereocenters. The standard InChI is InChI=1S/C12H15ClN2OS/c13-9-1-3-10(4-2-9)15-11(12(14)16)8-5-6-17-7-8/h1-4,8,11,15H,5-7H2,(H2,14,16). The van der Waals surface area contributed by atoms with Gasteiger partial charge < -0.3 is 11.1 Å². The Morgan fingerprint density at radius 3 is 2.71 bits per heavy atom. The number of halogens is 1. The maximum absolute atomic E-state index is 11.5. The molecule has 0 radical (unpaired) electrons. The number of nitrogens with one attached hydrogen (secondary N) is 1. The molecule has 17 heavy (non-hydrogen) atoms. The van der Waals surface area contributed by atoms with Gasteiger partial charge in [-0.15, -0.1) is 0 Å². The van der Waals surface area contributed by atoms with E-state index < -0.39 is 0 Å². The fourth-order valence-electron chi connectivity index (χ4n) is 1.96. The summed E-state index contributed by atoms with van der Waals surface area (Å²) in [7, 11) is 0. The van der Waals surface area contributed by atoms with Crippen LogP contribution in [0.5, 0.6) is 0 Å². The number of hydrogen-bond donors (Lipinski definition) is 2. The van der Waals surface area contributed by atoms with E-state index in [0.29, 0.717) is 10.9 Å². The SMILES string of the molecule is NC(=O)C(Nc1ccc(Cl)cc1)C1CCSC1. The van der Waals surface area contributed by atoms with Crippen LogP contribution in [0.3, 0.4) is 0 Å². The number of thioether (sulfide) groups is 1. The average molecular weight is 271 g/mol. The molecule has 0 bridgehead atoms. The Bertz CT molecular complexity index is 390. The largest absolute Gasteiger partial charge is 0.373 e. The maximum atomic E-state index is 11.5. The second kappa shape index (κ2) is 5.65. The molecule has 1 heterocycles. The molecule has 2 unspecified atom stereocenters. The number of benzene rings is 1. The van der Waals surface area contributed by atoms with Gasteiger partial charge in [0.1, 0.15) is 6.04 Å². The van der Waals surface area contributed by atoms with E-state index in [1.807, 2.05) is 23.9 Å². The van der Waals surface area contributed by atoms with Crippen molar-refractivity contribution in [1.29, 1.82) is 0 Å². The fourth-order valence-corrected chi connectivity index (χ4v) is 3.39. The molecule has 0 aliphatic carbocycles. The van der Waals surface area contributed by atoms with Gasteiger partial charge in [0.05, 0.1) is 0 Å². The van der Waals surface area contributed by atoms with Gasteiger partial charge in [-0.2, -0.15) is 11.8 Å². The molecule has 1 fully saturated rings. The van der Waals surface area contributed by atoms with Crippen molar-refractivity contribution in [2.75, 3.05) is 16.8 Å². The Balaban J connectivity index is 2.06. The molecular weight excluding hydrogens is 256 g/mol. The van der Waals surface area contributed by atoms with Crippen LogP contribution in [-0.2, 0) is 4.79 Å². The predicted molar refractivity (Wildman–Crippen MR) is 73.5 cm³/mol. The number of anilines is 1. The van der Waals surface area contributed by atoms with Gasteiger partial charge >= 0.3 is 0 Å². The summed E-state index contributed by atoms with van der Waals surface area (Å²) in [6, 6.07) is 7.03. The molecule has 1 aromatic rings. The van der Waals surface area contributed by atoms with E-state index in [1.54, 1.807) is 12.1 Å². The third-order valence-electron chi connectivity index (χ3n) is 2.91. The number of nitrogens with two attached hydrogens (primary N) is 1. The molecule has 1 amide bonds. The van der Waals surface area contributed by atoms with E-state index in [4.69, 9.17) is 17.3 Å². The first-order valence-corrected chi connectivity index (χ1v) is 7.09. The minimum absolute atomic E-state index is 0.285. The van der Waals surface area contributed by atoms with Gasteiger partial charge in [-0.05, 0) is 48.1 Å². The molecule has 1 aromatic carbocycles. The Kier molecular flexibility index (Phi) is 4.18. The van der Waals surface area contributed by atoms with Gasteiger partial charge in [-0.3, -0.25) is 4.79 Å². The zero-order valence-electron chi connectivity index (χ0n) is 9.36. The quantitative estimate of drug-likeness (QED) is 0.883. The van der Waals surface area contributed by atoms with E-state index in [1.165, 1.54) is 0 Å². The minimum Gasteiger partial charge on any atom is -0.373 e. The van der Waals surface area contributed by atoms with Crippen molar-refractivity contribution in [2.45, 2.75) is 12.5 Å². The summed E-state index contributed by atoms with van der Waals surface area (Å²) in [5, 5.41) is 3.88. The Morgan fingerprint density at radius 2 is 2.18 bits per heavy atom. The topological polar surface area (TPSA) is 55.1 Å². The molecule has 1 aliphatic heterocycles. The van der Waals surface area contributed by atoms with Crippen molar-refractivity contribution in [1.82, 2.24) is 0 Å². The number of primary amides is 1. The average Bonchev–Trinajstić information content (AvgIpc) is 2.81. The number of rotatable bonds is 4. The van der Waals surface area contributed by atoms with Crippen LogP contribution in [0.2, 0.25) is 5.02 Å². The maximum Gasteiger partial charge on any atom is 0.240 e. The van der Waals surface area contributed by atoms with Crippen LogP contribution >= 0.6 is 23.4 Å². The Morgan fingerprint density at radius 1 is 1.47 bits per heavy atom. The molecule has 5 heteroatoms. The minimum atomic E-state index is -0.286. The lowest BCUT2D eigenvalue weighted by molar-refractivity contribution is -0.119. The zero-order chi connectivity index (χ0) is 12.3. The van der Waals surface area contributed by atoms with Crippen molar-refractivity contribution in [3.63, 3.8) is 0 Å². The van der Waals surface area contributed by atoms with Crippen LogP contribution in [0.1, 0.15) is 6.42 Å². The molecule has 0 spiro atoms. The van der Waals surface area contributed by atoms with Gasteiger partial charge in [0.15, 0.2) is 0 Å². The summed E-state index contributed by atoms with van der Waals surface area (Å²) in [5.74, 6) is 2.14. The first-order valence-electron chi connectivity index (χ1n) is 5.56. The van der Waals surface area contributed by atoms with Crippen LogP contribution in [0.4, 0.5) is 5.69 Å². The highest BCUT2D eigenvalue weighted by atomic mass is 35.5. The molecule has 3 nitrogen and oxygen atoms in total. The lowest BCUT2D eigenvalue weighted by Crippen LogP contribution is -2.41. The number of carbonyl (C=O) groups excluding carboxylic acids is 1. The fraction of sp³-hybridized carbons (Fsp3) is 0.417. The second-order valence-electron chi connectivity index (χ2n) is 4.15. The van der Waals surface area contributed by atoms with E-state index >= 15 is 0 Å². The molecule has 1 saturated heterocycles. The molecular formula is C12H15ClN2OS. The highest BCUT2D eigenvalue weighted by molar-refractivity contribution is 7.99. The number of amides is 1. The molecule has 92 valence electrons. The monoisotopic (exact) mass is 270 g/mol. The Hall–Kier alpha value is -0.870.